The number of nitrogen functional groups attached to an aromatic ring is 1. The number of halogens is 1. The lowest BCUT2D eigenvalue weighted by Crippen LogP contribution is -2.59. The normalized spacial score (nSPS) is 16.1. The highest BCUT2D eigenvalue weighted by Crippen LogP contribution is 2.19. The third-order valence-electron chi connectivity index (χ3n) is 3.10. The Balaban J connectivity index is 2.07. The van der Waals surface area contributed by atoms with Crippen LogP contribution in [0.1, 0.15) is 10.4 Å². The van der Waals surface area contributed by atoms with Gasteiger partial charge in [-0.25, -0.2) is 4.39 Å². The fourth-order valence-corrected chi connectivity index (χ4v) is 1.82. The van der Waals surface area contributed by atoms with Gasteiger partial charge >= 0.3 is 0 Å². The summed E-state index contributed by atoms with van der Waals surface area (Å²) in [6, 6.07) is 4.53. The molecule has 1 heterocycles. The number of hydrogen-bond acceptors (Lipinski definition) is 3. The Labute approximate surface area is 99.8 Å². The van der Waals surface area contributed by atoms with Gasteiger partial charge in [-0.05, 0) is 32.3 Å². The first kappa shape index (κ1) is 11.9. The monoisotopic (exact) mass is 237 g/mol. The molecule has 1 aromatic carbocycles. The smallest absolute Gasteiger partial charge is 0.256 e. The maximum atomic E-state index is 13.5. The molecule has 1 aliphatic heterocycles. The summed E-state index contributed by atoms with van der Waals surface area (Å²) < 4.78 is 13.5. The first-order valence-electron chi connectivity index (χ1n) is 5.50. The summed E-state index contributed by atoms with van der Waals surface area (Å²) in [5.74, 6) is -0.816. The van der Waals surface area contributed by atoms with E-state index in [1.54, 1.807) is 11.0 Å². The maximum Gasteiger partial charge on any atom is 0.256 e. The van der Waals surface area contributed by atoms with Crippen molar-refractivity contribution < 1.29 is 9.18 Å². The Bertz CT molecular complexity index is 441. The third kappa shape index (κ3) is 2.24. The molecule has 0 unspecified atom stereocenters. The number of likely N-dealkylation sites (N-methyl/N-ethyl adjacent to an activating group) is 1. The molecule has 0 spiro atoms. The van der Waals surface area contributed by atoms with Crippen molar-refractivity contribution >= 4 is 11.6 Å². The average molecular weight is 237 g/mol. The van der Waals surface area contributed by atoms with Gasteiger partial charge in [-0.2, -0.15) is 0 Å². The van der Waals surface area contributed by atoms with Crippen LogP contribution in [0, 0.1) is 5.82 Å². The summed E-state index contributed by atoms with van der Waals surface area (Å²) in [7, 11) is 3.94. The molecule has 0 atom stereocenters. The Kier molecular flexibility index (Phi) is 3.02. The Morgan fingerprint density at radius 3 is 2.65 bits per heavy atom. The molecule has 1 aromatic rings. The minimum absolute atomic E-state index is 0.0939. The second-order valence-corrected chi connectivity index (χ2v) is 4.57. The lowest BCUT2D eigenvalue weighted by Gasteiger charge is -2.42. The number of nitrogens with zero attached hydrogens (tertiary/aromatic N) is 2. The van der Waals surface area contributed by atoms with Gasteiger partial charge in [0.2, 0.25) is 0 Å². The van der Waals surface area contributed by atoms with Crippen LogP contribution in [0.15, 0.2) is 18.2 Å². The molecule has 0 bridgehead atoms. The molecule has 1 fully saturated rings. The van der Waals surface area contributed by atoms with Crippen molar-refractivity contribution in [3.63, 3.8) is 0 Å². The number of carbonyl (C=O) groups is 1. The van der Waals surface area contributed by atoms with E-state index in [0.29, 0.717) is 24.8 Å². The van der Waals surface area contributed by atoms with E-state index < -0.39 is 5.82 Å². The van der Waals surface area contributed by atoms with E-state index in [4.69, 9.17) is 5.73 Å². The van der Waals surface area contributed by atoms with Crippen molar-refractivity contribution in [1.29, 1.82) is 0 Å². The molecule has 5 heteroatoms. The molecule has 0 aliphatic carbocycles. The van der Waals surface area contributed by atoms with E-state index >= 15 is 0 Å². The second kappa shape index (κ2) is 4.33. The van der Waals surface area contributed by atoms with Gasteiger partial charge in [0.05, 0.1) is 5.56 Å². The number of carbonyl (C=O) groups excluding carboxylic acids is 1. The van der Waals surface area contributed by atoms with E-state index in [1.165, 1.54) is 12.1 Å². The molecule has 1 amide bonds. The zero-order valence-corrected chi connectivity index (χ0v) is 9.98. The van der Waals surface area contributed by atoms with Crippen LogP contribution >= 0.6 is 0 Å². The number of likely N-dealkylation sites (tertiary alicyclic amines) is 1. The summed E-state index contributed by atoms with van der Waals surface area (Å²) in [4.78, 5) is 15.7. The topological polar surface area (TPSA) is 49.6 Å². The summed E-state index contributed by atoms with van der Waals surface area (Å²) in [6.07, 6.45) is 0. The highest BCUT2D eigenvalue weighted by molar-refractivity contribution is 5.95. The summed E-state index contributed by atoms with van der Waals surface area (Å²) >= 11 is 0. The third-order valence-corrected chi connectivity index (χ3v) is 3.10. The van der Waals surface area contributed by atoms with Crippen LogP contribution in [0.3, 0.4) is 0 Å². The molecule has 0 aromatic heterocycles. The van der Waals surface area contributed by atoms with Gasteiger partial charge in [-0.1, -0.05) is 0 Å². The fraction of sp³-hybridized carbons (Fsp3) is 0.417. The Hall–Kier alpha value is -1.62. The van der Waals surface area contributed by atoms with Gasteiger partial charge in [0.25, 0.3) is 5.91 Å². The van der Waals surface area contributed by atoms with E-state index in [-0.39, 0.29) is 11.5 Å². The first-order valence-corrected chi connectivity index (χ1v) is 5.50. The fourth-order valence-electron chi connectivity index (χ4n) is 1.82. The number of anilines is 1. The molecule has 0 saturated carbocycles. The van der Waals surface area contributed by atoms with Gasteiger partial charge in [0, 0.05) is 24.8 Å². The quantitative estimate of drug-likeness (QED) is 0.774. The zero-order valence-electron chi connectivity index (χ0n) is 9.98. The minimum atomic E-state index is -0.552. The molecular weight excluding hydrogens is 221 g/mol. The second-order valence-electron chi connectivity index (χ2n) is 4.57. The molecule has 1 saturated heterocycles. The van der Waals surface area contributed by atoms with Crippen LogP contribution in [0.25, 0.3) is 0 Å². The highest BCUT2D eigenvalue weighted by atomic mass is 19.1. The number of nitrogens with two attached hydrogens (primary N) is 1. The van der Waals surface area contributed by atoms with Crippen LogP contribution in [0.4, 0.5) is 10.1 Å². The van der Waals surface area contributed by atoms with Crippen LogP contribution in [-0.2, 0) is 0 Å². The van der Waals surface area contributed by atoms with Crippen LogP contribution in [0.2, 0.25) is 0 Å². The van der Waals surface area contributed by atoms with Crippen molar-refractivity contribution in [3.8, 4) is 0 Å². The molecular formula is C12H16FN3O. The lowest BCUT2D eigenvalue weighted by molar-refractivity contribution is 0.0395. The number of hydrogen-bond donors (Lipinski definition) is 1. The summed E-state index contributed by atoms with van der Waals surface area (Å²) in [6.45, 7) is 1.30. The molecule has 2 rings (SSSR count). The standard InChI is InChI=1S/C12H16FN3O/c1-15(2)9-6-16(7-9)12(17)10-4-3-8(14)5-11(10)13/h3-5,9H,6-7,14H2,1-2H3. The largest absolute Gasteiger partial charge is 0.399 e. The SMILES string of the molecule is CN(C)C1CN(C(=O)c2ccc(N)cc2F)C1. The van der Waals surface area contributed by atoms with E-state index in [0.717, 1.165) is 0 Å². The number of amides is 1. The minimum Gasteiger partial charge on any atom is -0.399 e. The Morgan fingerprint density at radius 2 is 2.12 bits per heavy atom. The molecule has 92 valence electrons. The van der Waals surface area contributed by atoms with Gasteiger partial charge in [-0.3, -0.25) is 4.79 Å². The highest BCUT2D eigenvalue weighted by Gasteiger charge is 2.33. The van der Waals surface area contributed by atoms with Crippen molar-refractivity contribution in [2.45, 2.75) is 6.04 Å². The van der Waals surface area contributed by atoms with Gasteiger partial charge in [-0.15, -0.1) is 0 Å². The van der Waals surface area contributed by atoms with E-state index in [2.05, 4.69) is 4.90 Å². The van der Waals surface area contributed by atoms with E-state index in [9.17, 15) is 9.18 Å². The van der Waals surface area contributed by atoms with Crippen LogP contribution in [0.5, 0.6) is 0 Å². The van der Waals surface area contributed by atoms with E-state index in [1.807, 2.05) is 14.1 Å². The number of benzene rings is 1. The van der Waals surface area contributed by atoms with Crippen molar-refractivity contribution in [2.24, 2.45) is 0 Å². The van der Waals surface area contributed by atoms with Crippen molar-refractivity contribution in [2.75, 3.05) is 32.9 Å². The lowest BCUT2D eigenvalue weighted by atomic mass is 10.1. The van der Waals surface area contributed by atoms with Gasteiger partial charge in [0.15, 0.2) is 0 Å². The molecule has 0 radical (unpaired) electrons. The maximum absolute atomic E-state index is 13.5. The predicted octanol–water partition coefficient (Wildman–Crippen LogP) is 0.794. The summed E-state index contributed by atoms with van der Waals surface area (Å²) in [5.41, 5.74) is 5.86. The molecule has 2 N–H and O–H groups in total. The van der Waals surface area contributed by atoms with Gasteiger partial charge < -0.3 is 15.5 Å². The Morgan fingerprint density at radius 1 is 1.47 bits per heavy atom. The van der Waals surface area contributed by atoms with Gasteiger partial charge in [0.1, 0.15) is 5.82 Å². The predicted molar refractivity (Wildman–Crippen MR) is 64.2 cm³/mol. The number of rotatable bonds is 2. The van der Waals surface area contributed by atoms with Crippen molar-refractivity contribution in [1.82, 2.24) is 9.80 Å². The van der Waals surface area contributed by atoms with Crippen LogP contribution < -0.4 is 5.73 Å². The molecule has 17 heavy (non-hydrogen) atoms. The zero-order chi connectivity index (χ0) is 12.6. The van der Waals surface area contributed by atoms with Crippen LogP contribution in [-0.4, -0.2) is 48.9 Å². The molecule has 1 aliphatic rings. The van der Waals surface area contributed by atoms with Crippen molar-refractivity contribution in [3.05, 3.63) is 29.6 Å². The summed E-state index contributed by atoms with van der Waals surface area (Å²) in [5, 5.41) is 0. The average Bonchev–Trinajstić information content (AvgIpc) is 2.13. The molecule has 4 nitrogen and oxygen atoms in total. The first-order chi connectivity index (χ1) is 7.99.